The molecule has 0 bridgehead atoms. The van der Waals surface area contributed by atoms with Gasteiger partial charge in [0.05, 0.1) is 6.04 Å². The van der Waals surface area contributed by atoms with E-state index < -0.39 is 0 Å². The molecule has 0 aliphatic rings. The molecular weight excluding hydrogens is 300 g/mol. The van der Waals surface area contributed by atoms with Crippen molar-refractivity contribution in [3.63, 3.8) is 0 Å². The van der Waals surface area contributed by atoms with Crippen LogP contribution in [0.5, 0.6) is 0 Å². The topological polar surface area (TPSA) is 38.0 Å². The van der Waals surface area contributed by atoms with Crippen LogP contribution in [0.15, 0.2) is 46.9 Å². The van der Waals surface area contributed by atoms with Crippen LogP contribution in [0.1, 0.15) is 28.3 Å². The van der Waals surface area contributed by atoms with Crippen LogP contribution in [0.25, 0.3) is 0 Å². The van der Waals surface area contributed by atoms with Crippen LogP contribution in [0.3, 0.4) is 0 Å². The molecule has 0 heterocycles. The van der Waals surface area contributed by atoms with Crippen LogP contribution in [0.2, 0.25) is 0 Å². The minimum atomic E-state index is 0.123. The Balaban J connectivity index is 2.25. The van der Waals surface area contributed by atoms with E-state index in [9.17, 15) is 0 Å². The van der Waals surface area contributed by atoms with Crippen LogP contribution >= 0.6 is 15.9 Å². The Morgan fingerprint density at radius 3 is 2.47 bits per heavy atom. The first-order valence-electron chi connectivity index (χ1n) is 6.38. The quantitative estimate of drug-likeness (QED) is 0.664. The van der Waals surface area contributed by atoms with Gasteiger partial charge in [-0.15, -0.1) is 0 Å². The number of nitrogens with one attached hydrogen (secondary N) is 1. The van der Waals surface area contributed by atoms with Gasteiger partial charge in [0.15, 0.2) is 0 Å². The summed E-state index contributed by atoms with van der Waals surface area (Å²) in [5.41, 5.74) is 8.00. The Morgan fingerprint density at radius 2 is 1.84 bits per heavy atom. The fourth-order valence-electron chi connectivity index (χ4n) is 2.14. The molecular formula is C16H19BrN2. The molecule has 1 unspecified atom stereocenters. The second-order valence-electron chi connectivity index (χ2n) is 4.86. The van der Waals surface area contributed by atoms with E-state index in [1.807, 2.05) is 12.1 Å². The van der Waals surface area contributed by atoms with Gasteiger partial charge in [0, 0.05) is 4.47 Å². The number of nitrogens with two attached hydrogens (primary N) is 1. The third-order valence-electron chi connectivity index (χ3n) is 3.52. The van der Waals surface area contributed by atoms with Gasteiger partial charge in [0.1, 0.15) is 0 Å². The third kappa shape index (κ3) is 3.44. The zero-order valence-electron chi connectivity index (χ0n) is 11.3. The summed E-state index contributed by atoms with van der Waals surface area (Å²) in [7, 11) is 0. The molecule has 0 aliphatic heterocycles. The molecule has 2 aromatic carbocycles. The minimum absolute atomic E-state index is 0.123. The number of hydrogen-bond donors (Lipinski definition) is 2. The Bertz CT molecular complexity index is 566. The Hall–Kier alpha value is -1.16. The van der Waals surface area contributed by atoms with E-state index in [1.165, 1.54) is 22.3 Å². The summed E-state index contributed by atoms with van der Waals surface area (Å²) in [5, 5.41) is 0. The van der Waals surface area contributed by atoms with Gasteiger partial charge < -0.3 is 0 Å². The van der Waals surface area contributed by atoms with Crippen molar-refractivity contribution in [2.24, 2.45) is 5.84 Å². The van der Waals surface area contributed by atoms with Gasteiger partial charge >= 0.3 is 0 Å². The standard InChI is InChI=1S/C16H19BrN2/c1-11-7-8-14(9-12(11)2)16(19-18)10-13-5-3-4-6-15(13)17/h3-9,16,19H,10,18H2,1-2H3. The Morgan fingerprint density at radius 1 is 1.11 bits per heavy atom. The molecule has 2 rings (SSSR count). The maximum atomic E-state index is 5.73. The van der Waals surface area contributed by atoms with Gasteiger partial charge in [-0.25, -0.2) is 0 Å². The highest BCUT2D eigenvalue weighted by molar-refractivity contribution is 9.10. The average molecular weight is 319 g/mol. The van der Waals surface area contributed by atoms with Crippen molar-refractivity contribution >= 4 is 15.9 Å². The van der Waals surface area contributed by atoms with E-state index in [-0.39, 0.29) is 6.04 Å². The summed E-state index contributed by atoms with van der Waals surface area (Å²) in [6, 6.07) is 14.9. The second kappa shape index (κ2) is 6.33. The number of aryl methyl sites for hydroxylation is 2. The molecule has 100 valence electrons. The highest BCUT2D eigenvalue weighted by Crippen LogP contribution is 2.24. The molecule has 0 radical (unpaired) electrons. The Kier molecular flexibility index (Phi) is 4.75. The Labute approximate surface area is 123 Å². The number of hydrazine groups is 1. The first-order chi connectivity index (χ1) is 9.11. The van der Waals surface area contributed by atoms with E-state index in [1.54, 1.807) is 0 Å². The maximum Gasteiger partial charge on any atom is 0.0500 e. The van der Waals surface area contributed by atoms with Gasteiger partial charge in [0.25, 0.3) is 0 Å². The van der Waals surface area contributed by atoms with Crippen molar-refractivity contribution in [3.8, 4) is 0 Å². The first kappa shape index (κ1) is 14.3. The van der Waals surface area contributed by atoms with Crippen LogP contribution in [0, 0.1) is 13.8 Å². The molecule has 0 spiro atoms. The minimum Gasteiger partial charge on any atom is -0.271 e. The summed E-state index contributed by atoms with van der Waals surface area (Å²) < 4.78 is 1.12. The SMILES string of the molecule is Cc1ccc(C(Cc2ccccc2Br)NN)cc1C. The third-order valence-corrected chi connectivity index (χ3v) is 4.29. The van der Waals surface area contributed by atoms with Gasteiger partial charge in [-0.05, 0) is 48.6 Å². The summed E-state index contributed by atoms with van der Waals surface area (Å²) in [6.45, 7) is 4.25. The molecule has 2 aromatic rings. The molecule has 3 N–H and O–H groups in total. The van der Waals surface area contributed by atoms with Crippen molar-refractivity contribution < 1.29 is 0 Å². The van der Waals surface area contributed by atoms with Crippen LogP contribution in [-0.4, -0.2) is 0 Å². The van der Waals surface area contributed by atoms with Crippen LogP contribution in [-0.2, 0) is 6.42 Å². The van der Waals surface area contributed by atoms with Gasteiger partial charge in [-0.1, -0.05) is 52.3 Å². The van der Waals surface area contributed by atoms with E-state index in [0.717, 1.165) is 10.9 Å². The summed E-state index contributed by atoms with van der Waals surface area (Å²) >= 11 is 3.58. The fraction of sp³-hybridized carbons (Fsp3) is 0.250. The second-order valence-corrected chi connectivity index (χ2v) is 5.71. The summed E-state index contributed by atoms with van der Waals surface area (Å²) in [4.78, 5) is 0. The van der Waals surface area contributed by atoms with Gasteiger partial charge in [-0.2, -0.15) is 0 Å². The highest BCUT2D eigenvalue weighted by Gasteiger charge is 2.12. The lowest BCUT2D eigenvalue weighted by atomic mass is 9.96. The smallest absolute Gasteiger partial charge is 0.0500 e. The van der Waals surface area contributed by atoms with Crippen molar-refractivity contribution in [3.05, 3.63) is 69.2 Å². The number of hydrogen-bond acceptors (Lipinski definition) is 2. The predicted molar refractivity (Wildman–Crippen MR) is 83.8 cm³/mol. The van der Waals surface area contributed by atoms with Gasteiger partial charge in [0.2, 0.25) is 0 Å². The van der Waals surface area contributed by atoms with E-state index in [4.69, 9.17) is 5.84 Å². The lowest BCUT2D eigenvalue weighted by Crippen LogP contribution is -2.29. The highest BCUT2D eigenvalue weighted by atomic mass is 79.9. The summed E-state index contributed by atoms with van der Waals surface area (Å²) in [6.07, 6.45) is 0.862. The average Bonchev–Trinajstić information content (AvgIpc) is 2.41. The maximum absolute atomic E-state index is 5.73. The van der Waals surface area contributed by atoms with Crippen molar-refractivity contribution in [1.82, 2.24) is 5.43 Å². The largest absolute Gasteiger partial charge is 0.271 e. The number of rotatable bonds is 4. The number of halogens is 1. The van der Waals surface area contributed by atoms with E-state index in [2.05, 4.69) is 65.5 Å². The molecule has 0 saturated carbocycles. The molecule has 2 nitrogen and oxygen atoms in total. The number of benzene rings is 2. The molecule has 0 aromatic heterocycles. The van der Waals surface area contributed by atoms with Crippen molar-refractivity contribution in [2.75, 3.05) is 0 Å². The van der Waals surface area contributed by atoms with Crippen molar-refractivity contribution in [1.29, 1.82) is 0 Å². The molecule has 3 heteroatoms. The lowest BCUT2D eigenvalue weighted by molar-refractivity contribution is 0.550. The van der Waals surface area contributed by atoms with E-state index >= 15 is 0 Å². The molecule has 0 amide bonds. The normalized spacial score (nSPS) is 12.4. The molecule has 0 fully saturated rings. The summed E-state index contributed by atoms with van der Waals surface area (Å²) in [5.74, 6) is 5.73. The molecule has 0 aliphatic carbocycles. The van der Waals surface area contributed by atoms with E-state index in [0.29, 0.717) is 0 Å². The monoisotopic (exact) mass is 318 g/mol. The van der Waals surface area contributed by atoms with Gasteiger partial charge in [-0.3, -0.25) is 11.3 Å². The zero-order valence-corrected chi connectivity index (χ0v) is 12.9. The first-order valence-corrected chi connectivity index (χ1v) is 7.18. The predicted octanol–water partition coefficient (Wildman–Crippen LogP) is 3.81. The molecule has 1 atom stereocenters. The molecule has 19 heavy (non-hydrogen) atoms. The lowest BCUT2D eigenvalue weighted by Gasteiger charge is -2.18. The van der Waals surface area contributed by atoms with Crippen molar-refractivity contribution in [2.45, 2.75) is 26.3 Å². The molecule has 0 saturated heterocycles. The van der Waals surface area contributed by atoms with Crippen LogP contribution in [0.4, 0.5) is 0 Å². The fourth-order valence-corrected chi connectivity index (χ4v) is 2.58. The van der Waals surface area contributed by atoms with Crippen LogP contribution < -0.4 is 11.3 Å². The zero-order chi connectivity index (χ0) is 13.8.